The normalized spacial score (nSPS) is 11.3. The second kappa shape index (κ2) is 5.74. The molecule has 0 spiro atoms. The summed E-state index contributed by atoms with van der Waals surface area (Å²) in [5.41, 5.74) is 0.554. The third kappa shape index (κ3) is 3.17. The van der Waals surface area contributed by atoms with Gasteiger partial charge in [-0.15, -0.1) is 0 Å². The molecule has 0 unspecified atom stereocenters. The molecule has 112 valence electrons. The fraction of sp³-hybridized carbons (Fsp3) is 0.167. The number of aromatic nitrogens is 2. The molecule has 0 atom stereocenters. The van der Waals surface area contributed by atoms with E-state index in [4.69, 9.17) is 16.7 Å². The van der Waals surface area contributed by atoms with Crippen LogP contribution >= 0.6 is 11.6 Å². The smallest absolute Gasteiger partial charge is 0.337 e. The summed E-state index contributed by atoms with van der Waals surface area (Å²) in [6.07, 6.45) is 2.13. The number of nitrogens with zero attached hydrogens (tertiary/aromatic N) is 1. The van der Waals surface area contributed by atoms with Crippen LogP contribution in [0.15, 0.2) is 29.3 Å². The van der Waals surface area contributed by atoms with Crippen molar-refractivity contribution < 1.29 is 18.3 Å². The quantitative estimate of drug-likeness (QED) is 0.777. The standard InChI is InChI=1S/C12H12ClN3O4S/c1-2-7-6-14-15-11(7)16-21(19,20)8-3-4-9(12(17)18)10(13)5-8/h3-6H,2H2,1H3,(H,17,18)(H2,14,15,16). The van der Waals surface area contributed by atoms with Crippen molar-refractivity contribution in [1.29, 1.82) is 0 Å². The van der Waals surface area contributed by atoms with Crippen molar-refractivity contribution in [2.75, 3.05) is 4.72 Å². The molecule has 1 aromatic carbocycles. The number of halogens is 1. The Hall–Kier alpha value is -2.06. The molecule has 0 bridgehead atoms. The van der Waals surface area contributed by atoms with E-state index in [1.807, 2.05) is 6.92 Å². The molecule has 7 nitrogen and oxygen atoms in total. The number of rotatable bonds is 5. The average molecular weight is 330 g/mol. The van der Waals surface area contributed by atoms with Crippen molar-refractivity contribution in [2.24, 2.45) is 0 Å². The molecule has 0 aliphatic heterocycles. The van der Waals surface area contributed by atoms with Crippen molar-refractivity contribution in [3.8, 4) is 0 Å². The minimum Gasteiger partial charge on any atom is -0.478 e. The van der Waals surface area contributed by atoms with Crippen molar-refractivity contribution in [1.82, 2.24) is 10.2 Å². The van der Waals surface area contributed by atoms with Crippen molar-refractivity contribution in [3.05, 3.63) is 40.5 Å². The lowest BCUT2D eigenvalue weighted by Crippen LogP contribution is -2.14. The van der Waals surface area contributed by atoms with Crippen LogP contribution in [0.2, 0.25) is 5.02 Å². The molecule has 1 aromatic heterocycles. The molecule has 1 heterocycles. The van der Waals surface area contributed by atoms with Gasteiger partial charge in [-0.25, -0.2) is 13.2 Å². The highest BCUT2D eigenvalue weighted by Crippen LogP contribution is 2.23. The summed E-state index contributed by atoms with van der Waals surface area (Å²) >= 11 is 5.78. The van der Waals surface area contributed by atoms with Gasteiger partial charge in [0.1, 0.15) is 5.82 Å². The molecule has 0 amide bonds. The van der Waals surface area contributed by atoms with Gasteiger partial charge in [-0.1, -0.05) is 18.5 Å². The number of benzene rings is 1. The van der Waals surface area contributed by atoms with Crippen LogP contribution in [0.3, 0.4) is 0 Å². The zero-order valence-corrected chi connectivity index (χ0v) is 12.5. The van der Waals surface area contributed by atoms with E-state index in [9.17, 15) is 13.2 Å². The molecular formula is C12H12ClN3O4S. The van der Waals surface area contributed by atoms with E-state index < -0.39 is 16.0 Å². The largest absolute Gasteiger partial charge is 0.478 e. The number of hydrogen-bond acceptors (Lipinski definition) is 4. The Morgan fingerprint density at radius 2 is 2.19 bits per heavy atom. The van der Waals surface area contributed by atoms with Crippen molar-refractivity contribution in [3.63, 3.8) is 0 Å². The van der Waals surface area contributed by atoms with E-state index in [1.54, 1.807) is 0 Å². The summed E-state index contributed by atoms with van der Waals surface area (Å²) in [5.74, 6) is -0.949. The molecule has 0 saturated carbocycles. The first kappa shape index (κ1) is 15.3. The number of aryl methyl sites for hydroxylation is 1. The lowest BCUT2D eigenvalue weighted by atomic mass is 10.2. The third-order valence-electron chi connectivity index (χ3n) is 2.82. The molecule has 21 heavy (non-hydrogen) atoms. The van der Waals surface area contributed by atoms with Crippen molar-refractivity contribution in [2.45, 2.75) is 18.2 Å². The van der Waals surface area contributed by atoms with E-state index in [0.29, 0.717) is 12.0 Å². The number of anilines is 1. The van der Waals surface area contributed by atoms with E-state index in [0.717, 1.165) is 12.1 Å². The SMILES string of the molecule is CCc1cn[nH]c1NS(=O)(=O)c1ccc(C(=O)O)c(Cl)c1. The molecule has 0 saturated heterocycles. The Labute approximate surface area is 126 Å². The van der Waals surface area contributed by atoms with Gasteiger partial charge in [0.25, 0.3) is 10.0 Å². The van der Waals surface area contributed by atoms with Gasteiger partial charge < -0.3 is 5.11 Å². The maximum absolute atomic E-state index is 12.2. The van der Waals surface area contributed by atoms with Crippen LogP contribution in [0.5, 0.6) is 0 Å². The highest BCUT2D eigenvalue weighted by atomic mass is 35.5. The molecule has 2 aromatic rings. The zero-order chi connectivity index (χ0) is 15.6. The number of carboxylic acids is 1. The van der Waals surface area contributed by atoms with E-state index in [2.05, 4.69) is 14.9 Å². The van der Waals surface area contributed by atoms with Gasteiger partial charge in [0.2, 0.25) is 0 Å². The number of H-pyrrole nitrogens is 1. The molecule has 0 aliphatic rings. The molecule has 9 heteroatoms. The topological polar surface area (TPSA) is 112 Å². The maximum Gasteiger partial charge on any atom is 0.337 e. The second-order valence-electron chi connectivity index (χ2n) is 4.18. The van der Waals surface area contributed by atoms with Gasteiger partial charge in [0, 0.05) is 5.56 Å². The Kier molecular flexibility index (Phi) is 4.19. The number of hydrogen-bond donors (Lipinski definition) is 3. The van der Waals surface area contributed by atoms with Gasteiger partial charge in [0.05, 0.1) is 21.7 Å². The highest BCUT2D eigenvalue weighted by molar-refractivity contribution is 7.92. The third-order valence-corrected chi connectivity index (χ3v) is 4.48. The van der Waals surface area contributed by atoms with Gasteiger partial charge in [-0.05, 0) is 24.6 Å². The van der Waals surface area contributed by atoms with E-state index in [-0.39, 0.29) is 21.3 Å². The van der Waals surface area contributed by atoms with Gasteiger partial charge in [0.15, 0.2) is 0 Å². The molecule has 3 N–H and O–H groups in total. The average Bonchev–Trinajstić information content (AvgIpc) is 2.84. The van der Waals surface area contributed by atoms with Crippen LogP contribution in [-0.2, 0) is 16.4 Å². The Balaban J connectivity index is 2.36. The molecule has 0 aliphatic carbocycles. The minimum atomic E-state index is -3.88. The van der Waals surface area contributed by atoms with Gasteiger partial charge in [-0.2, -0.15) is 5.10 Å². The number of aromatic carboxylic acids is 1. The summed E-state index contributed by atoms with van der Waals surface area (Å²) in [6, 6.07) is 3.42. The first-order chi connectivity index (χ1) is 9.85. The fourth-order valence-electron chi connectivity index (χ4n) is 1.70. The van der Waals surface area contributed by atoms with Crippen LogP contribution in [0.1, 0.15) is 22.8 Å². The van der Waals surface area contributed by atoms with Gasteiger partial charge in [-0.3, -0.25) is 9.82 Å². The number of aromatic amines is 1. The monoisotopic (exact) mass is 329 g/mol. The molecular weight excluding hydrogens is 318 g/mol. The van der Waals surface area contributed by atoms with Gasteiger partial charge >= 0.3 is 5.97 Å². The van der Waals surface area contributed by atoms with Crippen LogP contribution in [-0.4, -0.2) is 29.7 Å². The second-order valence-corrected chi connectivity index (χ2v) is 6.27. The minimum absolute atomic E-state index is 0.130. The first-order valence-electron chi connectivity index (χ1n) is 5.93. The van der Waals surface area contributed by atoms with Crippen LogP contribution in [0, 0.1) is 0 Å². The maximum atomic E-state index is 12.2. The van der Waals surface area contributed by atoms with Crippen LogP contribution in [0.25, 0.3) is 0 Å². The number of nitrogens with one attached hydrogen (secondary N) is 2. The summed E-state index contributed by atoms with van der Waals surface area (Å²) in [5, 5.41) is 15.1. The molecule has 2 rings (SSSR count). The lowest BCUT2D eigenvalue weighted by Gasteiger charge is -2.08. The first-order valence-corrected chi connectivity index (χ1v) is 7.79. The van der Waals surface area contributed by atoms with Crippen LogP contribution in [0.4, 0.5) is 5.82 Å². The Morgan fingerprint density at radius 3 is 2.76 bits per heavy atom. The summed E-state index contributed by atoms with van der Waals surface area (Å²) in [7, 11) is -3.88. The predicted molar refractivity (Wildman–Crippen MR) is 77.2 cm³/mol. The lowest BCUT2D eigenvalue weighted by molar-refractivity contribution is 0.0697. The van der Waals surface area contributed by atoms with Crippen LogP contribution < -0.4 is 4.72 Å². The zero-order valence-electron chi connectivity index (χ0n) is 10.9. The summed E-state index contributed by atoms with van der Waals surface area (Å²) < 4.78 is 26.8. The Morgan fingerprint density at radius 1 is 1.48 bits per heavy atom. The molecule has 0 fully saturated rings. The summed E-state index contributed by atoms with van der Waals surface area (Å²) in [6.45, 7) is 1.86. The predicted octanol–water partition coefficient (Wildman–Crippen LogP) is 2.12. The summed E-state index contributed by atoms with van der Waals surface area (Å²) in [4.78, 5) is 10.7. The molecule has 0 radical (unpaired) electrons. The Bertz CT molecular complexity index is 786. The van der Waals surface area contributed by atoms with E-state index >= 15 is 0 Å². The number of sulfonamides is 1. The number of carbonyl (C=O) groups is 1. The highest BCUT2D eigenvalue weighted by Gasteiger charge is 2.19. The van der Waals surface area contributed by atoms with E-state index in [1.165, 1.54) is 12.3 Å². The van der Waals surface area contributed by atoms with Crippen molar-refractivity contribution >= 4 is 33.4 Å². The fourth-order valence-corrected chi connectivity index (χ4v) is 3.11. The number of carboxylic acid groups (broad SMARTS) is 1.